The van der Waals surface area contributed by atoms with Crippen LogP contribution < -0.4 is 25.5 Å². The maximum absolute atomic E-state index is 2.77. The molecule has 0 N–H and O–H groups in total. The van der Waals surface area contributed by atoms with Crippen molar-refractivity contribution in [3.63, 3.8) is 0 Å². The Labute approximate surface area is 384 Å². The second-order valence-corrected chi connectivity index (χ2v) is 26.1. The first kappa shape index (κ1) is 42.7. The number of thiophene rings is 1. The van der Waals surface area contributed by atoms with Crippen LogP contribution in [-0.4, -0.2) is 6.71 Å². The van der Waals surface area contributed by atoms with Crippen LogP contribution in [0.2, 0.25) is 0 Å². The number of anilines is 6. The van der Waals surface area contributed by atoms with Gasteiger partial charge in [-0.2, -0.15) is 0 Å². The summed E-state index contributed by atoms with van der Waals surface area (Å²) in [4.78, 5) is 5.40. The lowest BCUT2D eigenvalue weighted by Crippen LogP contribution is -2.60. The molecule has 6 aromatic rings. The first-order chi connectivity index (χ1) is 29.2. The van der Waals surface area contributed by atoms with Gasteiger partial charge < -0.3 is 9.80 Å². The number of fused-ring (bicyclic) bond motifs is 8. The quantitative estimate of drug-likeness (QED) is 0.160. The second-order valence-electron chi connectivity index (χ2n) is 25.0. The van der Waals surface area contributed by atoms with Crippen molar-refractivity contribution < 1.29 is 0 Å². The molecule has 1 aromatic heterocycles. The minimum absolute atomic E-state index is 0.00124. The van der Waals surface area contributed by atoms with Crippen LogP contribution in [0.1, 0.15) is 173 Å². The number of hydrogen-bond acceptors (Lipinski definition) is 3. The molecular formula is C59H71BN2S. The largest absolute Gasteiger partial charge is 0.311 e. The minimum atomic E-state index is 0.00124. The molecule has 0 radical (unpaired) electrons. The first-order valence-electron chi connectivity index (χ1n) is 24.0. The summed E-state index contributed by atoms with van der Waals surface area (Å²) in [7, 11) is 0. The molecule has 4 aliphatic rings. The van der Waals surface area contributed by atoms with E-state index in [1.807, 2.05) is 0 Å². The van der Waals surface area contributed by atoms with E-state index in [9.17, 15) is 0 Å². The third kappa shape index (κ3) is 6.37. The van der Waals surface area contributed by atoms with Gasteiger partial charge >= 0.3 is 0 Å². The number of aryl methyl sites for hydroxylation is 3. The Kier molecular flexibility index (Phi) is 9.08. The molecule has 0 saturated carbocycles. The SMILES string of the molecule is Cc1cc2c3c(c1)N(c1cc4c(cc1C)C(C)(C)CCC4(C)C)c1c(sc4cc5c(cc14)C(C)(C)CCC5(C)C)B3c1cc(C(C)(C)C)ccc1N2c1ccc(C(C)(C)C)cc1C. The Morgan fingerprint density at radius 3 is 1.52 bits per heavy atom. The first-order valence-corrected chi connectivity index (χ1v) is 24.8. The molecule has 3 heterocycles. The van der Waals surface area contributed by atoms with E-state index in [4.69, 9.17) is 0 Å². The van der Waals surface area contributed by atoms with Crippen molar-refractivity contribution in [3.8, 4) is 0 Å². The van der Waals surface area contributed by atoms with Gasteiger partial charge in [-0.05, 0) is 182 Å². The highest BCUT2D eigenvalue weighted by Gasteiger charge is 2.48. The molecule has 0 spiro atoms. The normalized spacial score (nSPS) is 19.0. The Morgan fingerprint density at radius 1 is 0.492 bits per heavy atom. The van der Waals surface area contributed by atoms with Gasteiger partial charge in [-0.15, -0.1) is 11.3 Å². The lowest BCUT2D eigenvalue weighted by Gasteiger charge is -2.46. The Hall–Kier alpha value is -4.28. The van der Waals surface area contributed by atoms with Crippen LogP contribution in [0.5, 0.6) is 0 Å². The highest BCUT2D eigenvalue weighted by atomic mass is 32.1. The van der Waals surface area contributed by atoms with Crippen molar-refractivity contribution in [2.45, 2.75) is 176 Å². The van der Waals surface area contributed by atoms with Gasteiger partial charge in [0.25, 0.3) is 6.71 Å². The highest BCUT2D eigenvalue weighted by molar-refractivity contribution is 7.33. The lowest BCUT2D eigenvalue weighted by atomic mass is 9.36. The van der Waals surface area contributed by atoms with Gasteiger partial charge in [0.2, 0.25) is 0 Å². The summed E-state index contributed by atoms with van der Waals surface area (Å²) in [5.74, 6) is 0. The fourth-order valence-corrected chi connectivity index (χ4v) is 13.3. The molecule has 0 bridgehead atoms. The summed E-state index contributed by atoms with van der Waals surface area (Å²) in [6.07, 6.45) is 4.81. The fraction of sp³-hybridized carbons (Fsp3) is 0.458. The summed E-state index contributed by atoms with van der Waals surface area (Å²) < 4.78 is 2.89. The molecule has 5 aromatic carbocycles. The molecule has 0 atom stereocenters. The average molecular weight is 851 g/mol. The van der Waals surface area contributed by atoms with Crippen molar-refractivity contribution in [1.29, 1.82) is 0 Å². The van der Waals surface area contributed by atoms with Gasteiger partial charge in [0.1, 0.15) is 0 Å². The molecule has 2 nitrogen and oxygen atoms in total. The highest BCUT2D eigenvalue weighted by Crippen LogP contribution is 2.55. The van der Waals surface area contributed by atoms with E-state index in [0.717, 1.165) is 0 Å². The minimum Gasteiger partial charge on any atom is -0.311 e. The summed E-state index contributed by atoms with van der Waals surface area (Å²) in [6, 6.07) is 30.2. The molecular weight excluding hydrogens is 780 g/mol. The maximum Gasteiger partial charge on any atom is 0.264 e. The Balaban J connectivity index is 1.35. The predicted molar refractivity (Wildman–Crippen MR) is 278 cm³/mol. The number of hydrogen-bond donors (Lipinski definition) is 0. The summed E-state index contributed by atoms with van der Waals surface area (Å²) in [6.45, 7) is 41.1. The topological polar surface area (TPSA) is 6.48 Å². The van der Waals surface area contributed by atoms with Crippen LogP contribution in [0, 0.1) is 20.8 Å². The van der Waals surface area contributed by atoms with E-state index < -0.39 is 0 Å². The molecule has 0 saturated heterocycles. The lowest BCUT2D eigenvalue weighted by molar-refractivity contribution is 0.332. The van der Waals surface area contributed by atoms with Crippen LogP contribution in [0.25, 0.3) is 10.1 Å². The molecule has 0 amide bonds. The van der Waals surface area contributed by atoms with Crippen LogP contribution >= 0.6 is 11.3 Å². The van der Waals surface area contributed by atoms with Gasteiger partial charge in [0.05, 0.1) is 5.69 Å². The molecule has 63 heavy (non-hydrogen) atoms. The van der Waals surface area contributed by atoms with Crippen LogP contribution in [-0.2, 0) is 32.5 Å². The number of nitrogens with zero attached hydrogens (tertiary/aromatic N) is 2. The van der Waals surface area contributed by atoms with Gasteiger partial charge in [0, 0.05) is 43.3 Å². The molecule has 10 rings (SSSR count). The van der Waals surface area contributed by atoms with E-state index in [-0.39, 0.29) is 39.2 Å². The van der Waals surface area contributed by atoms with Crippen LogP contribution in [0.3, 0.4) is 0 Å². The zero-order valence-corrected chi connectivity index (χ0v) is 42.5. The van der Waals surface area contributed by atoms with Crippen molar-refractivity contribution >= 4 is 78.0 Å². The molecule has 2 aliphatic carbocycles. The third-order valence-electron chi connectivity index (χ3n) is 16.4. The molecule has 0 fully saturated rings. The van der Waals surface area contributed by atoms with Crippen molar-refractivity contribution in [3.05, 3.63) is 123 Å². The summed E-state index contributed by atoms with van der Waals surface area (Å²) in [5.41, 5.74) is 24.1. The van der Waals surface area contributed by atoms with Crippen molar-refractivity contribution in [2.24, 2.45) is 0 Å². The second kappa shape index (κ2) is 13.4. The number of benzene rings is 5. The Morgan fingerprint density at radius 2 is 0.968 bits per heavy atom. The van der Waals surface area contributed by atoms with Crippen LogP contribution in [0.4, 0.5) is 34.1 Å². The van der Waals surface area contributed by atoms with E-state index in [2.05, 4.69) is 212 Å². The molecule has 326 valence electrons. The van der Waals surface area contributed by atoms with E-state index >= 15 is 0 Å². The van der Waals surface area contributed by atoms with Gasteiger partial charge in [-0.1, -0.05) is 127 Å². The molecule has 4 heteroatoms. The van der Waals surface area contributed by atoms with Crippen LogP contribution in [0.15, 0.2) is 72.8 Å². The van der Waals surface area contributed by atoms with E-state index in [1.165, 1.54) is 130 Å². The predicted octanol–water partition coefficient (Wildman–Crippen LogP) is 15.2. The summed E-state index contributed by atoms with van der Waals surface area (Å²) >= 11 is 2.07. The fourth-order valence-electron chi connectivity index (χ4n) is 12.0. The maximum atomic E-state index is 2.77. The number of rotatable bonds is 2. The standard InChI is InChI=1S/C59H71BN2S/c1-34-26-48-51-49(27-34)62(47-32-42-40(29-36(47)3)56(10,11)22-24-58(42,14)15)52-39-31-41-43(59(16,17)25-23-57(41,12)13)33-50(39)63-53(52)60(51)44-30-38(55(7,8)9)19-21-46(44)61(48)45-20-18-37(28-35(45)2)54(4,5)6/h18-21,26-33H,22-25H2,1-17H3. The monoisotopic (exact) mass is 851 g/mol. The van der Waals surface area contributed by atoms with Crippen molar-refractivity contribution in [2.75, 3.05) is 9.80 Å². The summed E-state index contributed by atoms with van der Waals surface area (Å²) in [5, 5.41) is 1.41. The third-order valence-corrected chi connectivity index (χ3v) is 17.6. The average Bonchev–Trinajstić information content (AvgIpc) is 3.55. The van der Waals surface area contributed by atoms with Crippen molar-refractivity contribution in [1.82, 2.24) is 0 Å². The zero-order chi connectivity index (χ0) is 45.3. The van der Waals surface area contributed by atoms with Gasteiger partial charge in [0.15, 0.2) is 0 Å². The van der Waals surface area contributed by atoms with E-state index in [0.29, 0.717) is 0 Å². The zero-order valence-electron chi connectivity index (χ0n) is 41.6. The van der Waals surface area contributed by atoms with E-state index in [1.54, 1.807) is 5.56 Å². The smallest absolute Gasteiger partial charge is 0.264 e. The van der Waals surface area contributed by atoms with Gasteiger partial charge in [-0.3, -0.25) is 0 Å². The molecule has 2 aliphatic heterocycles. The Bertz CT molecular complexity index is 2920. The van der Waals surface area contributed by atoms with Gasteiger partial charge in [-0.25, -0.2) is 0 Å². The molecule has 0 unspecified atom stereocenters.